The highest BCUT2D eigenvalue weighted by Crippen LogP contribution is 2.24. The van der Waals surface area contributed by atoms with Crippen molar-refractivity contribution in [2.75, 3.05) is 7.05 Å². The van der Waals surface area contributed by atoms with E-state index in [1.165, 1.54) is 4.90 Å². The molecule has 100 valence electrons. The maximum atomic E-state index is 13.6. The summed E-state index contributed by atoms with van der Waals surface area (Å²) in [6.45, 7) is 3.55. The summed E-state index contributed by atoms with van der Waals surface area (Å²) < 4.78 is 26.7. The van der Waals surface area contributed by atoms with Gasteiger partial charge < -0.3 is 4.90 Å². The van der Waals surface area contributed by atoms with Crippen LogP contribution in [0.4, 0.5) is 8.78 Å². The lowest BCUT2D eigenvalue weighted by Crippen LogP contribution is -2.35. The van der Waals surface area contributed by atoms with Crippen molar-refractivity contribution in [2.45, 2.75) is 31.1 Å². The quantitative estimate of drug-likeness (QED) is 0.776. The SMILES string of the molecule is CCC(Br)C(=O)N(C)C(C)c1cc(F)ccc1F. The molecule has 2 unspecified atom stereocenters. The van der Waals surface area contributed by atoms with E-state index in [0.717, 1.165) is 18.2 Å². The number of benzene rings is 1. The van der Waals surface area contributed by atoms with Gasteiger partial charge in [0.05, 0.1) is 10.9 Å². The van der Waals surface area contributed by atoms with E-state index in [-0.39, 0.29) is 16.3 Å². The highest BCUT2D eigenvalue weighted by Gasteiger charge is 2.24. The lowest BCUT2D eigenvalue weighted by atomic mass is 10.1. The van der Waals surface area contributed by atoms with E-state index in [0.29, 0.717) is 6.42 Å². The first kappa shape index (κ1) is 15.1. The van der Waals surface area contributed by atoms with Crippen molar-refractivity contribution >= 4 is 21.8 Å². The van der Waals surface area contributed by atoms with Crippen LogP contribution in [0.25, 0.3) is 0 Å². The van der Waals surface area contributed by atoms with Crippen LogP contribution in [-0.4, -0.2) is 22.7 Å². The minimum atomic E-state index is -0.514. The fourth-order valence-electron chi connectivity index (χ4n) is 1.63. The fraction of sp³-hybridized carbons (Fsp3) is 0.462. The number of rotatable bonds is 4. The lowest BCUT2D eigenvalue weighted by Gasteiger charge is -2.27. The molecule has 1 amide bonds. The number of hydrogen-bond acceptors (Lipinski definition) is 1. The topological polar surface area (TPSA) is 20.3 Å². The summed E-state index contributed by atoms with van der Waals surface area (Å²) in [5, 5.41) is 0. The second kappa shape index (κ2) is 6.27. The van der Waals surface area contributed by atoms with Gasteiger partial charge in [-0.15, -0.1) is 0 Å². The molecule has 0 spiro atoms. The highest BCUT2D eigenvalue weighted by atomic mass is 79.9. The van der Waals surface area contributed by atoms with E-state index < -0.39 is 17.7 Å². The van der Waals surface area contributed by atoms with Crippen LogP contribution in [0.2, 0.25) is 0 Å². The minimum absolute atomic E-state index is 0.145. The lowest BCUT2D eigenvalue weighted by molar-refractivity contribution is -0.131. The number of carbonyl (C=O) groups is 1. The molecule has 0 radical (unpaired) electrons. The van der Waals surface area contributed by atoms with Gasteiger partial charge in [-0.05, 0) is 31.5 Å². The first-order chi connectivity index (χ1) is 8.38. The summed E-state index contributed by atoms with van der Waals surface area (Å²) in [5.74, 6) is -1.16. The second-order valence-electron chi connectivity index (χ2n) is 4.17. The summed E-state index contributed by atoms with van der Waals surface area (Å²) in [6, 6.07) is 2.75. The van der Waals surface area contributed by atoms with Crippen LogP contribution in [0.5, 0.6) is 0 Å². The van der Waals surface area contributed by atoms with Gasteiger partial charge >= 0.3 is 0 Å². The van der Waals surface area contributed by atoms with Gasteiger partial charge in [-0.3, -0.25) is 4.79 Å². The number of halogens is 3. The molecular weight excluding hydrogens is 304 g/mol. The molecule has 2 atom stereocenters. The first-order valence-corrected chi connectivity index (χ1v) is 6.65. The second-order valence-corrected chi connectivity index (χ2v) is 5.27. The zero-order chi connectivity index (χ0) is 13.9. The largest absolute Gasteiger partial charge is 0.338 e. The van der Waals surface area contributed by atoms with E-state index in [4.69, 9.17) is 0 Å². The normalized spacial score (nSPS) is 14.1. The third-order valence-electron chi connectivity index (χ3n) is 2.96. The van der Waals surface area contributed by atoms with Crippen molar-refractivity contribution in [3.8, 4) is 0 Å². The Balaban J connectivity index is 2.96. The van der Waals surface area contributed by atoms with Gasteiger partial charge in [-0.25, -0.2) is 8.78 Å². The minimum Gasteiger partial charge on any atom is -0.338 e. The molecule has 0 N–H and O–H groups in total. The molecule has 18 heavy (non-hydrogen) atoms. The Bertz CT molecular complexity index is 439. The molecule has 0 aliphatic heterocycles. The smallest absolute Gasteiger partial charge is 0.236 e. The third kappa shape index (κ3) is 3.28. The number of hydrogen-bond donors (Lipinski definition) is 0. The molecule has 5 heteroatoms. The van der Waals surface area contributed by atoms with Crippen LogP contribution in [-0.2, 0) is 4.79 Å². The van der Waals surface area contributed by atoms with Crippen molar-refractivity contribution in [3.63, 3.8) is 0 Å². The molecule has 1 rings (SSSR count). The van der Waals surface area contributed by atoms with E-state index in [9.17, 15) is 13.6 Å². The highest BCUT2D eigenvalue weighted by molar-refractivity contribution is 9.10. The number of alkyl halides is 1. The Morgan fingerprint density at radius 3 is 2.61 bits per heavy atom. The van der Waals surface area contributed by atoms with Crippen molar-refractivity contribution in [3.05, 3.63) is 35.4 Å². The summed E-state index contributed by atoms with van der Waals surface area (Å²) in [5.41, 5.74) is 0.182. The summed E-state index contributed by atoms with van der Waals surface area (Å²) in [6.07, 6.45) is 0.640. The Labute approximate surface area is 114 Å². The van der Waals surface area contributed by atoms with Gasteiger partial charge in [-0.1, -0.05) is 22.9 Å². The number of nitrogens with zero attached hydrogens (tertiary/aromatic N) is 1. The van der Waals surface area contributed by atoms with Gasteiger partial charge in [0.25, 0.3) is 0 Å². The standard InChI is InChI=1S/C13H16BrF2NO/c1-4-11(14)13(18)17(3)8(2)10-7-9(15)5-6-12(10)16/h5-8,11H,4H2,1-3H3. The molecule has 0 heterocycles. The molecule has 0 aliphatic carbocycles. The average molecular weight is 320 g/mol. The summed E-state index contributed by atoms with van der Waals surface area (Å²) in [7, 11) is 1.58. The monoisotopic (exact) mass is 319 g/mol. The van der Waals surface area contributed by atoms with Crippen LogP contribution in [0.15, 0.2) is 18.2 Å². The van der Waals surface area contributed by atoms with Crippen molar-refractivity contribution in [1.29, 1.82) is 0 Å². The summed E-state index contributed by atoms with van der Waals surface area (Å²) in [4.78, 5) is 13.1. The van der Waals surface area contributed by atoms with E-state index in [1.54, 1.807) is 14.0 Å². The van der Waals surface area contributed by atoms with Gasteiger partial charge in [0.15, 0.2) is 0 Å². The Morgan fingerprint density at radius 2 is 2.06 bits per heavy atom. The van der Waals surface area contributed by atoms with E-state index in [1.807, 2.05) is 6.92 Å². The van der Waals surface area contributed by atoms with Gasteiger partial charge in [0, 0.05) is 12.6 Å². The van der Waals surface area contributed by atoms with Crippen molar-refractivity contribution in [2.24, 2.45) is 0 Å². The molecule has 2 nitrogen and oxygen atoms in total. The predicted molar refractivity (Wildman–Crippen MR) is 70.5 cm³/mol. The van der Waals surface area contributed by atoms with Crippen molar-refractivity contribution < 1.29 is 13.6 Å². The Hall–Kier alpha value is -0.970. The number of amides is 1. The molecule has 0 aromatic heterocycles. The molecule has 0 saturated heterocycles. The number of carbonyl (C=O) groups excluding carboxylic acids is 1. The fourth-order valence-corrected chi connectivity index (χ4v) is 1.95. The maximum absolute atomic E-state index is 13.6. The average Bonchev–Trinajstić information content (AvgIpc) is 2.38. The van der Waals surface area contributed by atoms with Gasteiger partial charge in [0.1, 0.15) is 11.6 Å². The van der Waals surface area contributed by atoms with Crippen molar-refractivity contribution in [1.82, 2.24) is 4.90 Å². The van der Waals surface area contributed by atoms with Crippen LogP contribution >= 0.6 is 15.9 Å². The predicted octanol–water partition coefficient (Wildman–Crippen LogP) is 3.66. The molecular formula is C13H16BrF2NO. The summed E-state index contributed by atoms with van der Waals surface area (Å²) >= 11 is 3.26. The maximum Gasteiger partial charge on any atom is 0.236 e. The van der Waals surface area contributed by atoms with E-state index >= 15 is 0 Å². The van der Waals surface area contributed by atoms with Crippen LogP contribution in [0.3, 0.4) is 0 Å². The van der Waals surface area contributed by atoms with E-state index in [2.05, 4.69) is 15.9 Å². The molecule has 0 bridgehead atoms. The molecule has 0 aliphatic rings. The molecule has 1 aromatic rings. The third-order valence-corrected chi connectivity index (χ3v) is 4.00. The van der Waals surface area contributed by atoms with Crippen LogP contribution in [0, 0.1) is 11.6 Å². The Morgan fingerprint density at radius 1 is 1.44 bits per heavy atom. The van der Waals surface area contributed by atoms with Crippen LogP contribution in [0.1, 0.15) is 31.9 Å². The van der Waals surface area contributed by atoms with Gasteiger partial charge in [0.2, 0.25) is 5.91 Å². The van der Waals surface area contributed by atoms with Crippen LogP contribution < -0.4 is 0 Å². The zero-order valence-corrected chi connectivity index (χ0v) is 12.2. The molecule has 1 aromatic carbocycles. The first-order valence-electron chi connectivity index (χ1n) is 5.74. The zero-order valence-electron chi connectivity index (χ0n) is 10.6. The molecule has 0 fully saturated rings. The van der Waals surface area contributed by atoms with Gasteiger partial charge in [-0.2, -0.15) is 0 Å². The molecule has 0 saturated carbocycles. The Kier molecular flexibility index (Phi) is 5.26.